The van der Waals surface area contributed by atoms with E-state index in [0.717, 1.165) is 57.5 Å². The van der Waals surface area contributed by atoms with E-state index in [-0.39, 0.29) is 6.04 Å². The van der Waals surface area contributed by atoms with Gasteiger partial charge < -0.3 is 24.9 Å². The number of guanidine groups is 1. The summed E-state index contributed by atoms with van der Waals surface area (Å²) >= 11 is 0. The van der Waals surface area contributed by atoms with Gasteiger partial charge in [0.25, 0.3) is 0 Å². The average molecular weight is 377 g/mol. The largest absolute Gasteiger partial charge is 0.468 e. The highest BCUT2D eigenvalue weighted by atomic mass is 16.3. The molecular weight excluding hydrogens is 340 g/mol. The normalized spacial score (nSPS) is 21.9. The average Bonchev–Trinajstić information content (AvgIpc) is 3.35. The van der Waals surface area contributed by atoms with Crippen LogP contribution < -0.4 is 10.6 Å². The number of likely N-dealkylation sites (N-methyl/N-ethyl adjacent to an activating group) is 1. The van der Waals surface area contributed by atoms with Gasteiger partial charge in [-0.1, -0.05) is 0 Å². The fourth-order valence-electron chi connectivity index (χ4n) is 4.01. The van der Waals surface area contributed by atoms with Gasteiger partial charge in [-0.15, -0.1) is 0 Å². The first-order chi connectivity index (χ1) is 13.3. The Morgan fingerprint density at radius 2 is 1.96 bits per heavy atom. The van der Waals surface area contributed by atoms with Crippen LogP contribution in [0.15, 0.2) is 27.8 Å². The van der Waals surface area contributed by atoms with E-state index >= 15 is 0 Å². The van der Waals surface area contributed by atoms with Crippen LogP contribution >= 0.6 is 0 Å². The van der Waals surface area contributed by atoms with Crippen LogP contribution in [0.5, 0.6) is 0 Å². The maximum atomic E-state index is 5.70. The van der Waals surface area contributed by atoms with Gasteiger partial charge in [-0.2, -0.15) is 0 Å². The van der Waals surface area contributed by atoms with E-state index in [2.05, 4.69) is 43.4 Å². The summed E-state index contributed by atoms with van der Waals surface area (Å²) in [5, 5.41) is 6.98. The first kappa shape index (κ1) is 20.2. The predicted octanol–water partition coefficient (Wildman–Crippen LogP) is 1.22. The van der Waals surface area contributed by atoms with Crippen LogP contribution in [-0.4, -0.2) is 93.7 Å². The molecule has 0 bridgehead atoms. The maximum absolute atomic E-state index is 5.70. The van der Waals surface area contributed by atoms with Crippen molar-refractivity contribution in [2.24, 2.45) is 4.99 Å². The molecule has 7 heteroatoms. The molecule has 0 aliphatic carbocycles. The number of nitrogens with one attached hydrogen (secondary N) is 2. The molecule has 0 radical (unpaired) electrons. The van der Waals surface area contributed by atoms with Crippen molar-refractivity contribution in [1.29, 1.82) is 0 Å². The summed E-state index contributed by atoms with van der Waals surface area (Å²) in [7, 11) is 4.05. The lowest BCUT2D eigenvalue weighted by molar-refractivity contribution is 0.215. The van der Waals surface area contributed by atoms with E-state index in [9.17, 15) is 0 Å². The molecule has 3 rings (SSSR count). The van der Waals surface area contributed by atoms with Gasteiger partial charge in [0.1, 0.15) is 5.76 Å². The first-order valence-electron chi connectivity index (χ1n) is 10.4. The summed E-state index contributed by atoms with van der Waals surface area (Å²) in [5.41, 5.74) is 0. The van der Waals surface area contributed by atoms with Crippen LogP contribution in [0.2, 0.25) is 0 Å². The molecule has 1 atom stereocenters. The smallest absolute Gasteiger partial charge is 0.191 e. The summed E-state index contributed by atoms with van der Waals surface area (Å²) in [6, 6.07) is 4.32. The van der Waals surface area contributed by atoms with E-state index in [1.54, 1.807) is 6.26 Å². The molecule has 1 unspecified atom stereocenters. The summed E-state index contributed by atoms with van der Waals surface area (Å²) in [4.78, 5) is 11.9. The third kappa shape index (κ3) is 6.23. The quantitative estimate of drug-likeness (QED) is 0.551. The molecule has 7 nitrogen and oxygen atoms in total. The Morgan fingerprint density at radius 1 is 1.11 bits per heavy atom. The zero-order valence-corrected chi connectivity index (χ0v) is 17.0. The lowest BCUT2D eigenvalue weighted by Gasteiger charge is -2.27. The zero-order chi connectivity index (χ0) is 18.9. The predicted molar refractivity (Wildman–Crippen MR) is 110 cm³/mol. The molecule has 0 aromatic carbocycles. The molecule has 1 aromatic heterocycles. The SMILES string of the molecule is CN=C(NCCN1CCCN(C)CC1)NCC(c1ccco1)N1CCCC1. The van der Waals surface area contributed by atoms with Crippen LogP contribution in [-0.2, 0) is 0 Å². The maximum Gasteiger partial charge on any atom is 0.191 e. The van der Waals surface area contributed by atoms with Gasteiger partial charge in [-0.25, -0.2) is 0 Å². The number of likely N-dealkylation sites (tertiary alicyclic amines) is 1. The monoisotopic (exact) mass is 376 g/mol. The molecule has 2 aliphatic rings. The number of nitrogens with zero attached hydrogens (tertiary/aromatic N) is 4. The van der Waals surface area contributed by atoms with Crippen LogP contribution in [0.3, 0.4) is 0 Å². The minimum atomic E-state index is 0.266. The fourth-order valence-corrected chi connectivity index (χ4v) is 4.01. The first-order valence-corrected chi connectivity index (χ1v) is 10.4. The number of hydrogen-bond acceptors (Lipinski definition) is 5. The van der Waals surface area contributed by atoms with E-state index in [1.807, 2.05) is 13.1 Å². The molecule has 3 heterocycles. The van der Waals surface area contributed by atoms with Crippen LogP contribution in [0, 0.1) is 0 Å². The van der Waals surface area contributed by atoms with Crippen molar-refractivity contribution in [3.8, 4) is 0 Å². The topological polar surface area (TPSA) is 59.3 Å². The second kappa shape index (κ2) is 10.7. The molecule has 0 saturated carbocycles. The van der Waals surface area contributed by atoms with E-state index in [0.29, 0.717) is 0 Å². The van der Waals surface area contributed by atoms with Crippen molar-refractivity contribution < 1.29 is 4.42 Å². The van der Waals surface area contributed by atoms with Crippen molar-refractivity contribution in [1.82, 2.24) is 25.3 Å². The number of hydrogen-bond donors (Lipinski definition) is 2. The van der Waals surface area contributed by atoms with Crippen molar-refractivity contribution in [2.45, 2.75) is 25.3 Å². The van der Waals surface area contributed by atoms with Crippen molar-refractivity contribution in [3.63, 3.8) is 0 Å². The van der Waals surface area contributed by atoms with Gasteiger partial charge in [0.15, 0.2) is 5.96 Å². The van der Waals surface area contributed by atoms with E-state index in [1.165, 1.54) is 32.4 Å². The molecule has 2 aliphatic heterocycles. The van der Waals surface area contributed by atoms with Gasteiger partial charge in [0.05, 0.1) is 12.3 Å². The third-order valence-corrected chi connectivity index (χ3v) is 5.67. The summed E-state index contributed by atoms with van der Waals surface area (Å²) in [5.74, 6) is 1.91. The lowest BCUT2D eigenvalue weighted by Crippen LogP contribution is -2.45. The van der Waals surface area contributed by atoms with Gasteiger partial charge in [-0.05, 0) is 64.6 Å². The van der Waals surface area contributed by atoms with Gasteiger partial charge in [0, 0.05) is 39.8 Å². The van der Waals surface area contributed by atoms with Gasteiger partial charge in [0.2, 0.25) is 0 Å². The van der Waals surface area contributed by atoms with Crippen LogP contribution in [0.4, 0.5) is 0 Å². The van der Waals surface area contributed by atoms with Gasteiger partial charge in [-0.3, -0.25) is 9.89 Å². The minimum absolute atomic E-state index is 0.266. The highest BCUT2D eigenvalue weighted by Crippen LogP contribution is 2.24. The Kier molecular flexibility index (Phi) is 7.98. The molecule has 2 N–H and O–H groups in total. The number of furan rings is 1. The third-order valence-electron chi connectivity index (χ3n) is 5.67. The van der Waals surface area contributed by atoms with E-state index in [4.69, 9.17) is 4.42 Å². The lowest BCUT2D eigenvalue weighted by atomic mass is 10.2. The molecule has 27 heavy (non-hydrogen) atoms. The Labute approximate surface area is 163 Å². The Morgan fingerprint density at radius 3 is 2.70 bits per heavy atom. The number of aliphatic imine (C=N–C) groups is 1. The van der Waals surface area contributed by atoms with Crippen molar-refractivity contribution in [2.75, 3.05) is 73.0 Å². The fraction of sp³-hybridized carbons (Fsp3) is 0.750. The number of rotatable bonds is 7. The summed E-state index contributed by atoms with van der Waals surface area (Å²) in [6.07, 6.45) is 5.57. The summed E-state index contributed by atoms with van der Waals surface area (Å²) < 4.78 is 5.70. The highest BCUT2D eigenvalue weighted by Gasteiger charge is 2.25. The van der Waals surface area contributed by atoms with Crippen LogP contribution in [0.1, 0.15) is 31.1 Å². The Bertz CT molecular complexity index is 555. The van der Waals surface area contributed by atoms with Crippen molar-refractivity contribution in [3.05, 3.63) is 24.2 Å². The van der Waals surface area contributed by atoms with E-state index < -0.39 is 0 Å². The molecule has 0 spiro atoms. The second-order valence-electron chi connectivity index (χ2n) is 7.65. The standard InChI is InChI=1S/C20H36N6O/c1-21-20(22-8-13-25-10-6-9-24(2)14-15-25)23-17-18(19-7-5-16-27-19)26-11-3-4-12-26/h5,7,16,18H,3-4,6,8-15,17H2,1-2H3,(H2,21,22,23). The highest BCUT2D eigenvalue weighted by molar-refractivity contribution is 5.79. The van der Waals surface area contributed by atoms with Gasteiger partial charge >= 0.3 is 0 Å². The van der Waals surface area contributed by atoms with Crippen molar-refractivity contribution >= 4 is 5.96 Å². The molecule has 152 valence electrons. The molecular formula is C20H36N6O. The molecule has 2 fully saturated rings. The minimum Gasteiger partial charge on any atom is -0.468 e. The summed E-state index contributed by atoms with van der Waals surface area (Å²) in [6.45, 7) is 9.77. The molecule has 2 saturated heterocycles. The van der Waals surface area contributed by atoms with Crippen LogP contribution in [0.25, 0.3) is 0 Å². The Hall–Kier alpha value is -1.57. The second-order valence-corrected chi connectivity index (χ2v) is 7.65. The molecule has 1 aromatic rings. The Balaban J connectivity index is 1.43. The molecule has 0 amide bonds. The zero-order valence-electron chi connectivity index (χ0n) is 17.0.